The number of benzene rings is 1. The summed E-state index contributed by atoms with van der Waals surface area (Å²) in [6.45, 7) is 2.01. The Morgan fingerprint density at radius 3 is 2.48 bits per heavy atom. The lowest BCUT2D eigenvalue weighted by atomic mass is 10.1. The quantitative estimate of drug-likeness (QED) is 0.490. The van der Waals surface area contributed by atoms with Gasteiger partial charge in [-0.3, -0.25) is 9.59 Å². The number of nitrogens with one attached hydrogen (secondary N) is 1. The molecule has 1 aliphatic heterocycles. The van der Waals surface area contributed by atoms with Crippen molar-refractivity contribution in [3.63, 3.8) is 0 Å². The van der Waals surface area contributed by atoms with Crippen LogP contribution in [0, 0.1) is 5.41 Å². The van der Waals surface area contributed by atoms with Crippen LogP contribution in [0.3, 0.4) is 0 Å². The third-order valence-electron chi connectivity index (χ3n) is 4.85. The second-order valence-corrected chi connectivity index (χ2v) is 10.8. The van der Waals surface area contributed by atoms with Crippen LogP contribution in [0.5, 0.6) is 0 Å². The van der Waals surface area contributed by atoms with Crippen molar-refractivity contribution in [3.8, 4) is 0 Å². The molecular formula is C17H19Cl3N2O6S. The Kier molecular flexibility index (Phi) is 6.39. The number of alkyl halides is 2. The van der Waals surface area contributed by atoms with Crippen molar-refractivity contribution in [2.45, 2.75) is 22.6 Å². The SMILES string of the molecule is CC1(C(=O)OCC(=O)Nc2ccc(Cl)c(S(=O)(=O)N3CCOCC3)c2)CC1(Cl)Cl. The molecule has 0 spiro atoms. The van der Waals surface area contributed by atoms with Crippen molar-refractivity contribution in [1.82, 2.24) is 4.31 Å². The topological polar surface area (TPSA) is 102 Å². The van der Waals surface area contributed by atoms with Crippen LogP contribution in [-0.2, 0) is 29.1 Å². The smallest absolute Gasteiger partial charge is 0.315 e. The van der Waals surface area contributed by atoms with Gasteiger partial charge >= 0.3 is 5.97 Å². The maximum Gasteiger partial charge on any atom is 0.315 e. The zero-order valence-electron chi connectivity index (χ0n) is 15.4. The van der Waals surface area contributed by atoms with Gasteiger partial charge in [-0.25, -0.2) is 8.42 Å². The van der Waals surface area contributed by atoms with Gasteiger partial charge in [0.05, 0.1) is 18.2 Å². The number of hydrogen-bond donors (Lipinski definition) is 1. The first-order valence-electron chi connectivity index (χ1n) is 8.70. The maximum atomic E-state index is 12.8. The average molecular weight is 486 g/mol. The van der Waals surface area contributed by atoms with Crippen LogP contribution >= 0.6 is 34.8 Å². The molecule has 1 unspecified atom stereocenters. The van der Waals surface area contributed by atoms with Gasteiger partial charge in [-0.1, -0.05) is 11.6 Å². The number of rotatable bonds is 6. The number of halogens is 3. The summed E-state index contributed by atoms with van der Waals surface area (Å²) in [4.78, 5) is 24.0. The number of ether oxygens (including phenoxy) is 2. The van der Waals surface area contributed by atoms with E-state index in [0.717, 1.165) is 0 Å². The second kappa shape index (κ2) is 8.20. The summed E-state index contributed by atoms with van der Waals surface area (Å²) in [5.41, 5.74) is -0.847. The van der Waals surface area contributed by atoms with Crippen molar-refractivity contribution >= 4 is 62.4 Å². The predicted octanol–water partition coefficient (Wildman–Crippen LogP) is 2.43. The number of hydrogen-bond acceptors (Lipinski definition) is 6. The van der Waals surface area contributed by atoms with Crippen LogP contribution in [0.4, 0.5) is 5.69 Å². The first kappa shape index (κ1) is 22.6. The first-order chi connectivity index (χ1) is 13.5. The van der Waals surface area contributed by atoms with E-state index >= 15 is 0 Å². The molecule has 0 bridgehead atoms. The Morgan fingerprint density at radius 1 is 1.28 bits per heavy atom. The zero-order chi connectivity index (χ0) is 21.4. The highest BCUT2D eigenvalue weighted by Crippen LogP contribution is 2.64. The van der Waals surface area contributed by atoms with Gasteiger partial charge in [0.1, 0.15) is 14.6 Å². The molecule has 2 aliphatic rings. The molecule has 1 saturated heterocycles. The summed E-state index contributed by atoms with van der Waals surface area (Å²) in [5, 5.41) is 2.51. The summed E-state index contributed by atoms with van der Waals surface area (Å²) in [5.74, 6) is -1.32. The molecule has 1 amide bonds. The van der Waals surface area contributed by atoms with Gasteiger partial charge in [0.15, 0.2) is 6.61 Å². The Morgan fingerprint density at radius 2 is 1.90 bits per heavy atom. The van der Waals surface area contributed by atoms with E-state index in [4.69, 9.17) is 44.3 Å². The summed E-state index contributed by atoms with van der Waals surface area (Å²) < 4.78 is 35.9. The van der Waals surface area contributed by atoms with E-state index in [1.54, 1.807) is 6.92 Å². The fraction of sp³-hybridized carbons (Fsp3) is 0.529. The van der Waals surface area contributed by atoms with E-state index in [1.165, 1.54) is 22.5 Å². The average Bonchev–Trinajstić information content (AvgIpc) is 3.21. The van der Waals surface area contributed by atoms with Crippen molar-refractivity contribution in [3.05, 3.63) is 23.2 Å². The molecule has 1 aliphatic carbocycles. The number of morpholine rings is 1. The number of amides is 1. The molecule has 29 heavy (non-hydrogen) atoms. The second-order valence-electron chi connectivity index (χ2n) is 7.00. The van der Waals surface area contributed by atoms with Gasteiger partial charge in [0.25, 0.3) is 5.91 Å². The largest absolute Gasteiger partial charge is 0.455 e. The minimum absolute atomic E-state index is 0.0307. The van der Waals surface area contributed by atoms with E-state index < -0.39 is 38.3 Å². The molecule has 160 valence electrons. The van der Waals surface area contributed by atoms with Crippen LogP contribution in [0.2, 0.25) is 5.02 Å². The highest BCUT2D eigenvalue weighted by Gasteiger charge is 2.69. The number of esters is 1. The maximum absolute atomic E-state index is 12.8. The van der Waals surface area contributed by atoms with Crippen LogP contribution in [-0.4, -0.2) is 61.8 Å². The van der Waals surface area contributed by atoms with Gasteiger partial charge in [0, 0.05) is 25.2 Å². The van der Waals surface area contributed by atoms with Crippen molar-refractivity contribution in [2.24, 2.45) is 5.41 Å². The van der Waals surface area contributed by atoms with Gasteiger partial charge < -0.3 is 14.8 Å². The molecule has 1 saturated carbocycles. The van der Waals surface area contributed by atoms with Crippen molar-refractivity contribution in [2.75, 3.05) is 38.2 Å². The number of nitrogens with zero attached hydrogens (tertiary/aromatic N) is 1. The number of carbonyl (C=O) groups is 2. The molecule has 12 heteroatoms. The predicted molar refractivity (Wildman–Crippen MR) is 108 cm³/mol. The molecule has 0 aromatic heterocycles. The van der Waals surface area contributed by atoms with E-state index in [1.807, 2.05) is 0 Å². The lowest BCUT2D eigenvalue weighted by molar-refractivity contribution is -0.152. The highest BCUT2D eigenvalue weighted by molar-refractivity contribution is 7.89. The third-order valence-corrected chi connectivity index (χ3v) is 8.33. The molecule has 1 aromatic rings. The number of carbonyl (C=O) groups excluding carboxylic acids is 2. The Balaban J connectivity index is 1.65. The van der Waals surface area contributed by atoms with Crippen molar-refractivity contribution < 1.29 is 27.5 Å². The van der Waals surface area contributed by atoms with Crippen LogP contribution < -0.4 is 5.32 Å². The number of anilines is 1. The Bertz CT molecular complexity index is 933. The lowest BCUT2D eigenvalue weighted by Gasteiger charge is -2.26. The van der Waals surface area contributed by atoms with Gasteiger partial charge in [-0.2, -0.15) is 4.31 Å². The molecule has 8 nitrogen and oxygen atoms in total. The van der Waals surface area contributed by atoms with Crippen molar-refractivity contribution in [1.29, 1.82) is 0 Å². The third kappa shape index (κ3) is 4.65. The highest BCUT2D eigenvalue weighted by atomic mass is 35.5. The molecule has 3 rings (SSSR count). The normalized spacial score (nSPS) is 24.0. The molecule has 2 fully saturated rings. The fourth-order valence-corrected chi connectivity index (χ4v) is 5.41. The number of sulfonamides is 1. The van der Waals surface area contributed by atoms with E-state index in [9.17, 15) is 18.0 Å². The standard InChI is InChI=1S/C17H19Cl3N2O6S/c1-16(10-17(16,19)20)15(24)28-9-14(23)21-11-2-3-12(18)13(8-11)29(25,26)22-4-6-27-7-5-22/h2-3,8H,4-7,9-10H2,1H3,(H,21,23). The summed E-state index contributed by atoms with van der Waals surface area (Å²) in [7, 11) is -3.85. The molecule has 1 atom stereocenters. The lowest BCUT2D eigenvalue weighted by Crippen LogP contribution is -2.40. The fourth-order valence-electron chi connectivity index (χ4n) is 2.81. The van der Waals surface area contributed by atoms with Crippen LogP contribution in [0.1, 0.15) is 13.3 Å². The Hall–Kier alpha value is -1.10. The van der Waals surface area contributed by atoms with E-state index in [2.05, 4.69) is 5.32 Å². The minimum Gasteiger partial charge on any atom is -0.455 e. The molecule has 1 heterocycles. The molecule has 1 aromatic carbocycles. The van der Waals surface area contributed by atoms with Gasteiger partial charge in [-0.15, -0.1) is 23.2 Å². The van der Waals surface area contributed by atoms with E-state index in [-0.39, 0.29) is 35.1 Å². The zero-order valence-corrected chi connectivity index (χ0v) is 18.5. The molecular weight excluding hydrogens is 467 g/mol. The van der Waals surface area contributed by atoms with Crippen LogP contribution in [0.15, 0.2) is 23.1 Å². The van der Waals surface area contributed by atoms with Gasteiger partial charge in [-0.05, 0) is 25.1 Å². The summed E-state index contributed by atoms with van der Waals surface area (Å²) >= 11 is 17.9. The molecule has 1 N–H and O–H groups in total. The monoisotopic (exact) mass is 484 g/mol. The Labute approximate surface area is 183 Å². The van der Waals surface area contributed by atoms with Crippen LogP contribution in [0.25, 0.3) is 0 Å². The molecule has 0 radical (unpaired) electrons. The minimum atomic E-state index is -3.85. The first-order valence-corrected chi connectivity index (χ1v) is 11.3. The van der Waals surface area contributed by atoms with E-state index in [0.29, 0.717) is 13.2 Å². The summed E-state index contributed by atoms with van der Waals surface area (Å²) in [6.07, 6.45) is 0.240. The summed E-state index contributed by atoms with van der Waals surface area (Å²) in [6, 6.07) is 4.08. The van der Waals surface area contributed by atoms with Gasteiger partial charge in [0.2, 0.25) is 10.0 Å².